The molecule has 0 saturated carbocycles. The number of aliphatic hydroxyl groups excluding tert-OH is 1. The van der Waals surface area contributed by atoms with Gasteiger partial charge in [-0.25, -0.2) is 0 Å². The van der Waals surface area contributed by atoms with Gasteiger partial charge in [0.1, 0.15) is 0 Å². The topological polar surface area (TPSA) is 20.2 Å². The molecule has 3 heteroatoms. The highest BCUT2D eigenvalue weighted by atomic mass is 127. The van der Waals surface area contributed by atoms with Gasteiger partial charge < -0.3 is 5.11 Å². The van der Waals surface area contributed by atoms with Crippen molar-refractivity contribution in [2.24, 2.45) is 0 Å². The Morgan fingerprint density at radius 1 is 1.55 bits per heavy atom. The summed E-state index contributed by atoms with van der Waals surface area (Å²) in [5, 5.41) is 9.61. The fourth-order valence-electron chi connectivity index (χ4n) is 0.860. The highest BCUT2D eigenvalue weighted by molar-refractivity contribution is 14.1. The largest absolute Gasteiger partial charge is 0.392 e. The monoisotopic (exact) mass is 282 g/mol. The van der Waals surface area contributed by atoms with Crippen LogP contribution in [0, 0.1) is 10.5 Å². The molecule has 0 saturated heterocycles. The molecular weight excluding hydrogens is 274 g/mol. The summed E-state index contributed by atoms with van der Waals surface area (Å²) in [5.74, 6) is 0. The van der Waals surface area contributed by atoms with Crippen molar-refractivity contribution in [2.45, 2.75) is 13.5 Å². The van der Waals surface area contributed by atoms with Gasteiger partial charge in [0.25, 0.3) is 0 Å². The first-order valence-electron chi connectivity index (χ1n) is 3.21. The smallest absolute Gasteiger partial charge is 0.0706 e. The molecule has 1 aromatic carbocycles. The molecule has 0 spiro atoms. The Balaban J connectivity index is 3.29. The fourth-order valence-corrected chi connectivity index (χ4v) is 1.86. The van der Waals surface area contributed by atoms with E-state index in [2.05, 4.69) is 22.6 Å². The first-order chi connectivity index (χ1) is 5.16. The van der Waals surface area contributed by atoms with Gasteiger partial charge in [-0.15, -0.1) is 0 Å². The van der Waals surface area contributed by atoms with Crippen LogP contribution in [0.5, 0.6) is 0 Å². The molecule has 0 fully saturated rings. The van der Waals surface area contributed by atoms with Gasteiger partial charge in [0.2, 0.25) is 0 Å². The van der Waals surface area contributed by atoms with E-state index in [1.54, 1.807) is 0 Å². The molecule has 1 rings (SSSR count). The average Bonchev–Trinajstić information content (AvgIpc) is 1.99. The quantitative estimate of drug-likeness (QED) is 0.785. The Hall–Kier alpha value is 0.200. The Morgan fingerprint density at radius 3 is 2.64 bits per heavy atom. The van der Waals surface area contributed by atoms with E-state index in [4.69, 9.17) is 16.7 Å². The Bertz CT molecular complexity index is 273. The van der Waals surface area contributed by atoms with Crippen molar-refractivity contribution in [3.05, 3.63) is 31.9 Å². The van der Waals surface area contributed by atoms with E-state index in [0.29, 0.717) is 5.02 Å². The minimum Gasteiger partial charge on any atom is -0.392 e. The van der Waals surface area contributed by atoms with Crippen molar-refractivity contribution < 1.29 is 5.11 Å². The third-order valence-electron chi connectivity index (χ3n) is 1.54. The van der Waals surface area contributed by atoms with Crippen molar-refractivity contribution in [2.75, 3.05) is 0 Å². The fraction of sp³-hybridized carbons (Fsp3) is 0.250. The van der Waals surface area contributed by atoms with Crippen LogP contribution < -0.4 is 0 Å². The van der Waals surface area contributed by atoms with Crippen molar-refractivity contribution >= 4 is 34.2 Å². The molecule has 0 heterocycles. The number of aliphatic hydroxyl groups is 1. The molecule has 11 heavy (non-hydrogen) atoms. The molecule has 1 aromatic rings. The van der Waals surface area contributed by atoms with Crippen LogP contribution in [0.15, 0.2) is 12.1 Å². The summed E-state index contributed by atoms with van der Waals surface area (Å²) in [5.41, 5.74) is 1.84. The van der Waals surface area contributed by atoms with Gasteiger partial charge in [0.15, 0.2) is 0 Å². The molecule has 0 aliphatic carbocycles. The second-order valence-electron chi connectivity index (χ2n) is 2.31. The predicted molar refractivity (Wildman–Crippen MR) is 54.8 cm³/mol. The first-order valence-corrected chi connectivity index (χ1v) is 4.67. The van der Waals surface area contributed by atoms with Crippen molar-refractivity contribution in [1.82, 2.24) is 0 Å². The summed E-state index contributed by atoms with van der Waals surface area (Å²) >= 11 is 8.09. The summed E-state index contributed by atoms with van der Waals surface area (Å²) < 4.78 is 1.01. The van der Waals surface area contributed by atoms with E-state index in [0.717, 1.165) is 14.7 Å². The van der Waals surface area contributed by atoms with E-state index in [1.165, 1.54) is 0 Å². The lowest BCUT2D eigenvalue weighted by molar-refractivity contribution is 0.281. The number of hydrogen-bond donors (Lipinski definition) is 1. The molecule has 0 radical (unpaired) electrons. The van der Waals surface area contributed by atoms with Crippen LogP contribution in [0.2, 0.25) is 5.02 Å². The summed E-state index contributed by atoms with van der Waals surface area (Å²) in [4.78, 5) is 0. The number of benzene rings is 1. The zero-order chi connectivity index (χ0) is 8.43. The minimum absolute atomic E-state index is 0.0127. The maximum atomic E-state index is 8.93. The molecule has 0 aliphatic heterocycles. The second kappa shape index (κ2) is 3.74. The van der Waals surface area contributed by atoms with E-state index in [1.807, 2.05) is 19.1 Å². The predicted octanol–water partition coefficient (Wildman–Crippen LogP) is 2.75. The molecule has 1 N–H and O–H groups in total. The van der Waals surface area contributed by atoms with Gasteiger partial charge in [-0.05, 0) is 41.1 Å². The van der Waals surface area contributed by atoms with Gasteiger partial charge >= 0.3 is 0 Å². The molecule has 0 atom stereocenters. The molecule has 0 unspecified atom stereocenters. The zero-order valence-electron chi connectivity index (χ0n) is 6.06. The van der Waals surface area contributed by atoms with Crippen molar-refractivity contribution in [3.63, 3.8) is 0 Å². The Morgan fingerprint density at radius 2 is 2.18 bits per heavy atom. The highest BCUT2D eigenvalue weighted by Gasteiger charge is 2.05. The Kier molecular flexibility index (Phi) is 3.16. The summed E-state index contributed by atoms with van der Waals surface area (Å²) in [6.07, 6.45) is 0. The number of rotatable bonds is 1. The average molecular weight is 283 g/mol. The van der Waals surface area contributed by atoms with Gasteiger partial charge in [0.05, 0.1) is 11.6 Å². The molecule has 0 amide bonds. The van der Waals surface area contributed by atoms with Crippen LogP contribution in [0.4, 0.5) is 0 Å². The van der Waals surface area contributed by atoms with Crippen LogP contribution in [-0.2, 0) is 6.61 Å². The third-order valence-corrected chi connectivity index (χ3v) is 3.07. The third kappa shape index (κ3) is 1.86. The van der Waals surface area contributed by atoms with Crippen LogP contribution >= 0.6 is 34.2 Å². The van der Waals surface area contributed by atoms with Gasteiger partial charge in [0, 0.05) is 9.13 Å². The Labute approximate surface area is 84.5 Å². The summed E-state index contributed by atoms with van der Waals surface area (Å²) in [6.45, 7) is 1.94. The molecular formula is C8H8ClIO. The van der Waals surface area contributed by atoms with Crippen LogP contribution in [0.3, 0.4) is 0 Å². The van der Waals surface area contributed by atoms with Crippen LogP contribution in [0.1, 0.15) is 11.1 Å². The van der Waals surface area contributed by atoms with Gasteiger partial charge in [-0.2, -0.15) is 0 Å². The lowest BCUT2D eigenvalue weighted by Crippen LogP contribution is -1.91. The van der Waals surface area contributed by atoms with Crippen molar-refractivity contribution in [1.29, 1.82) is 0 Å². The molecule has 0 aliphatic rings. The van der Waals surface area contributed by atoms with E-state index in [9.17, 15) is 0 Å². The van der Waals surface area contributed by atoms with Crippen LogP contribution in [0.25, 0.3) is 0 Å². The maximum Gasteiger partial charge on any atom is 0.0706 e. The minimum atomic E-state index is 0.0127. The number of halogens is 2. The lowest BCUT2D eigenvalue weighted by atomic mass is 10.1. The number of hydrogen-bond acceptors (Lipinski definition) is 1. The van der Waals surface area contributed by atoms with Crippen molar-refractivity contribution in [3.8, 4) is 0 Å². The normalized spacial score (nSPS) is 10.2. The maximum absolute atomic E-state index is 8.93. The standard InChI is InChI=1S/C8H8ClIO/c1-5-2-3-7(10)6(4-11)8(5)9/h2-3,11H,4H2,1H3. The van der Waals surface area contributed by atoms with Crippen LogP contribution in [-0.4, -0.2) is 5.11 Å². The van der Waals surface area contributed by atoms with E-state index < -0.39 is 0 Å². The van der Waals surface area contributed by atoms with E-state index in [-0.39, 0.29) is 6.61 Å². The molecule has 0 bridgehead atoms. The lowest BCUT2D eigenvalue weighted by Gasteiger charge is -2.05. The van der Waals surface area contributed by atoms with E-state index >= 15 is 0 Å². The van der Waals surface area contributed by atoms with Gasteiger partial charge in [-0.3, -0.25) is 0 Å². The highest BCUT2D eigenvalue weighted by Crippen LogP contribution is 2.25. The number of aryl methyl sites for hydroxylation is 1. The molecule has 0 aromatic heterocycles. The zero-order valence-corrected chi connectivity index (χ0v) is 8.98. The SMILES string of the molecule is Cc1ccc(I)c(CO)c1Cl. The molecule has 1 nitrogen and oxygen atoms in total. The summed E-state index contributed by atoms with van der Waals surface area (Å²) in [6, 6.07) is 3.90. The first kappa shape index (κ1) is 9.29. The second-order valence-corrected chi connectivity index (χ2v) is 3.86. The summed E-state index contributed by atoms with van der Waals surface area (Å²) in [7, 11) is 0. The van der Waals surface area contributed by atoms with Gasteiger partial charge in [-0.1, -0.05) is 17.7 Å². The molecule has 60 valence electrons.